The predicted molar refractivity (Wildman–Crippen MR) is 109 cm³/mol. The minimum absolute atomic E-state index is 0.117. The third-order valence-electron chi connectivity index (χ3n) is 2.72. The van der Waals surface area contributed by atoms with Gasteiger partial charge in [0.25, 0.3) is 0 Å². The van der Waals surface area contributed by atoms with E-state index in [1.54, 1.807) is 0 Å². The number of hydrogen-bond acceptors (Lipinski definition) is 6. The molecule has 0 aliphatic heterocycles. The second-order valence-electron chi connectivity index (χ2n) is 8.11. The first kappa shape index (κ1) is 26.2. The van der Waals surface area contributed by atoms with Gasteiger partial charge in [-0.3, -0.25) is 0 Å². The Bertz CT molecular complexity index is 297. The lowest BCUT2D eigenvalue weighted by molar-refractivity contribution is -0.0423. The fraction of sp³-hybridized carbons (Fsp3) is 1.00. The van der Waals surface area contributed by atoms with Crippen LogP contribution in [0.3, 0.4) is 0 Å². The highest BCUT2D eigenvalue weighted by atomic mass is 29.3. The molecule has 26 heavy (non-hydrogen) atoms. The molecule has 0 saturated heterocycles. The minimum atomic E-state index is -3.48. The van der Waals surface area contributed by atoms with Crippen LogP contribution >= 0.6 is 0 Å². The van der Waals surface area contributed by atoms with E-state index in [-0.39, 0.29) is 36.6 Å². The van der Waals surface area contributed by atoms with Crippen LogP contribution in [-0.2, 0) is 26.6 Å². The van der Waals surface area contributed by atoms with Gasteiger partial charge in [-0.15, -0.1) is 0 Å². The van der Waals surface area contributed by atoms with Crippen LogP contribution in [0.2, 0.25) is 0 Å². The molecule has 0 unspecified atom stereocenters. The second kappa shape index (κ2) is 11.3. The van der Waals surface area contributed by atoms with Gasteiger partial charge in [-0.2, -0.15) is 0 Å². The molecule has 0 spiro atoms. The molecule has 0 bridgehead atoms. The Labute approximate surface area is 163 Å². The first-order valence-corrected chi connectivity index (χ1v) is 14.3. The zero-order chi connectivity index (χ0) is 20.7. The third-order valence-corrected chi connectivity index (χ3v) is 12.5. The zero-order valence-corrected chi connectivity index (χ0v) is 20.9. The SMILES string of the molecule is CC(C)O[Si](OC(C)C)(OC(C)C)[Si](OC(C)C)(OC(C)C)OC(C)C. The van der Waals surface area contributed by atoms with E-state index in [1.165, 1.54) is 0 Å². The molecule has 0 saturated carbocycles. The smallest absolute Gasteiger partial charge is 0.369 e. The molecular weight excluding hydrogens is 368 g/mol. The molecule has 0 aliphatic carbocycles. The van der Waals surface area contributed by atoms with E-state index in [0.717, 1.165) is 0 Å². The van der Waals surface area contributed by atoms with Crippen molar-refractivity contribution in [3.8, 4) is 0 Å². The Kier molecular flexibility index (Phi) is 11.3. The Morgan fingerprint density at radius 3 is 0.500 bits per heavy atom. The van der Waals surface area contributed by atoms with Gasteiger partial charge in [0.15, 0.2) is 0 Å². The summed E-state index contributed by atoms with van der Waals surface area (Å²) >= 11 is 0. The summed E-state index contributed by atoms with van der Waals surface area (Å²) in [5, 5.41) is 0. The Hall–Kier alpha value is 0.194. The van der Waals surface area contributed by atoms with Gasteiger partial charge in [-0.25, -0.2) is 0 Å². The van der Waals surface area contributed by atoms with E-state index < -0.39 is 16.6 Å². The molecule has 0 atom stereocenters. The van der Waals surface area contributed by atoms with Crippen LogP contribution in [0.5, 0.6) is 0 Å². The summed E-state index contributed by atoms with van der Waals surface area (Å²) in [7, 11) is -6.96. The van der Waals surface area contributed by atoms with Crippen LogP contribution in [0.25, 0.3) is 0 Å². The fourth-order valence-electron chi connectivity index (χ4n) is 2.46. The van der Waals surface area contributed by atoms with E-state index in [0.29, 0.717) is 0 Å². The minimum Gasteiger partial charge on any atom is -0.369 e. The molecule has 158 valence electrons. The van der Waals surface area contributed by atoms with E-state index in [2.05, 4.69) is 0 Å². The van der Waals surface area contributed by atoms with Crippen molar-refractivity contribution < 1.29 is 26.6 Å². The molecule has 0 amide bonds. The van der Waals surface area contributed by atoms with Crippen molar-refractivity contribution in [1.82, 2.24) is 0 Å². The first-order chi connectivity index (χ1) is 11.7. The summed E-state index contributed by atoms with van der Waals surface area (Å²) in [6.45, 7) is 23.6. The van der Waals surface area contributed by atoms with Crippen LogP contribution in [-0.4, -0.2) is 53.3 Å². The Morgan fingerprint density at radius 1 is 0.308 bits per heavy atom. The summed E-state index contributed by atoms with van der Waals surface area (Å²) in [6, 6.07) is 0. The first-order valence-electron chi connectivity index (χ1n) is 9.82. The van der Waals surface area contributed by atoms with Crippen LogP contribution in [0, 0.1) is 0 Å². The summed E-state index contributed by atoms with van der Waals surface area (Å²) in [4.78, 5) is 0. The lowest BCUT2D eigenvalue weighted by atomic mass is 10.5. The summed E-state index contributed by atoms with van der Waals surface area (Å²) in [6.07, 6.45) is -0.704. The molecule has 0 aromatic heterocycles. The van der Waals surface area contributed by atoms with Gasteiger partial charge in [0.05, 0.1) is 0 Å². The van der Waals surface area contributed by atoms with Crippen molar-refractivity contribution in [3.63, 3.8) is 0 Å². The zero-order valence-electron chi connectivity index (χ0n) is 18.9. The normalized spacial score (nSPS) is 14.1. The summed E-state index contributed by atoms with van der Waals surface area (Å²) in [5.41, 5.74) is 0. The number of hydrogen-bond donors (Lipinski definition) is 0. The molecule has 0 aromatic carbocycles. The van der Waals surface area contributed by atoms with Gasteiger partial charge in [0, 0.05) is 36.6 Å². The molecule has 0 rings (SSSR count). The van der Waals surface area contributed by atoms with Gasteiger partial charge in [0.1, 0.15) is 0 Å². The maximum Gasteiger partial charge on any atom is 0.578 e. The fourth-order valence-corrected chi connectivity index (χ4v) is 14.2. The molecule has 8 heteroatoms. The van der Waals surface area contributed by atoms with E-state index >= 15 is 0 Å². The standard InChI is InChI=1S/C18H42O6Si2/c1-13(2)19-25(20-14(3)4,21-15(5)6)26(22-16(7)8,23-17(9)10)24-18(11)12/h13-18H,1-12H3. The highest BCUT2D eigenvalue weighted by Gasteiger charge is 2.74. The summed E-state index contributed by atoms with van der Waals surface area (Å²) < 4.78 is 38.5. The van der Waals surface area contributed by atoms with Crippen molar-refractivity contribution in [3.05, 3.63) is 0 Å². The topological polar surface area (TPSA) is 55.4 Å². The van der Waals surface area contributed by atoms with Gasteiger partial charge in [0.2, 0.25) is 0 Å². The summed E-state index contributed by atoms with van der Waals surface area (Å²) in [5.74, 6) is 0. The largest absolute Gasteiger partial charge is 0.578 e. The Balaban J connectivity index is 6.53. The lowest BCUT2D eigenvalue weighted by Crippen LogP contribution is -2.77. The average molecular weight is 411 g/mol. The number of rotatable bonds is 13. The average Bonchev–Trinajstić information content (AvgIpc) is 2.32. The van der Waals surface area contributed by atoms with Crippen molar-refractivity contribution in [2.45, 2.75) is 120 Å². The molecular formula is C18H42O6Si2. The molecule has 0 radical (unpaired) electrons. The van der Waals surface area contributed by atoms with Crippen LogP contribution in [0.1, 0.15) is 83.1 Å². The highest BCUT2D eigenvalue weighted by Crippen LogP contribution is 2.33. The molecule has 6 nitrogen and oxygen atoms in total. The molecule has 0 aliphatic rings. The molecule has 0 aromatic rings. The van der Waals surface area contributed by atoms with Gasteiger partial charge >= 0.3 is 16.6 Å². The van der Waals surface area contributed by atoms with Crippen molar-refractivity contribution in [2.24, 2.45) is 0 Å². The van der Waals surface area contributed by atoms with Crippen LogP contribution < -0.4 is 0 Å². The lowest BCUT2D eigenvalue weighted by Gasteiger charge is -2.45. The van der Waals surface area contributed by atoms with Crippen molar-refractivity contribution in [1.29, 1.82) is 0 Å². The molecule has 0 N–H and O–H groups in total. The molecule has 0 fully saturated rings. The van der Waals surface area contributed by atoms with Gasteiger partial charge in [-0.05, 0) is 83.1 Å². The quantitative estimate of drug-likeness (QED) is 0.417. The van der Waals surface area contributed by atoms with Gasteiger partial charge < -0.3 is 26.6 Å². The Morgan fingerprint density at radius 2 is 0.423 bits per heavy atom. The van der Waals surface area contributed by atoms with Crippen molar-refractivity contribution >= 4 is 16.6 Å². The monoisotopic (exact) mass is 410 g/mol. The van der Waals surface area contributed by atoms with Gasteiger partial charge in [-0.1, -0.05) is 0 Å². The second-order valence-corrected chi connectivity index (χ2v) is 15.4. The van der Waals surface area contributed by atoms with Crippen molar-refractivity contribution in [2.75, 3.05) is 0 Å². The van der Waals surface area contributed by atoms with E-state index in [4.69, 9.17) is 26.6 Å². The van der Waals surface area contributed by atoms with Crippen LogP contribution in [0.15, 0.2) is 0 Å². The predicted octanol–water partition coefficient (Wildman–Crippen LogP) is 4.49. The third kappa shape index (κ3) is 8.47. The maximum absolute atomic E-state index is 6.41. The molecule has 0 heterocycles. The maximum atomic E-state index is 6.41. The highest BCUT2D eigenvalue weighted by molar-refractivity contribution is 7.26. The van der Waals surface area contributed by atoms with Crippen LogP contribution in [0.4, 0.5) is 0 Å². The van der Waals surface area contributed by atoms with E-state index in [9.17, 15) is 0 Å². The van der Waals surface area contributed by atoms with E-state index in [1.807, 2.05) is 83.1 Å².